The second kappa shape index (κ2) is 10.5. The fourth-order valence-electron chi connectivity index (χ4n) is 3.80. The highest BCUT2D eigenvalue weighted by Gasteiger charge is 2.31. The third kappa shape index (κ3) is 5.45. The van der Waals surface area contributed by atoms with Crippen molar-refractivity contribution in [2.24, 2.45) is 0 Å². The molecule has 4 rings (SSSR count). The molecule has 1 atom stereocenters. The van der Waals surface area contributed by atoms with Crippen LogP contribution in [0.3, 0.4) is 0 Å². The van der Waals surface area contributed by atoms with Crippen molar-refractivity contribution in [2.75, 3.05) is 10.6 Å². The minimum Gasteiger partial charge on any atom is -0.480 e. The molecule has 196 valence electrons. The van der Waals surface area contributed by atoms with E-state index >= 15 is 0 Å². The van der Waals surface area contributed by atoms with Crippen LogP contribution in [0.25, 0.3) is 0 Å². The van der Waals surface area contributed by atoms with Crippen LogP contribution in [-0.4, -0.2) is 37.1 Å². The largest absolute Gasteiger partial charge is 0.480 e. The molecule has 12 heteroatoms. The minimum absolute atomic E-state index is 0.0278. The zero-order valence-electron chi connectivity index (χ0n) is 19.8. The number of benzene rings is 3. The Morgan fingerprint density at radius 1 is 0.868 bits per heavy atom. The number of carbonyl (C=O) groups excluding carboxylic acids is 2. The number of nitrogens with one attached hydrogen (secondary N) is 3. The summed E-state index contributed by atoms with van der Waals surface area (Å²) in [7, 11) is -4.36. The first-order valence-corrected chi connectivity index (χ1v) is 12.8. The smallest absolute Gasteiger partial charge is 0.321 e. The summed E-state index contributed by atoms with van der Waals surface area (Å²) in [5, 5.41) is 15.0. The van der Waals surface area contributed by atoms with Crippen molar-refractivity contribution in [3.05, 3.63) is 101 Å². The van der Waals surface area contributed by atoms with E-state index in [1.54, 1.807) is 24.3 Å². The third-order valence-electron chi connectivity index (χ3n) is 5.69. The Morgan fingerprint density at radius 3 is 2.00 bits per heavy atom. The van der Waals surface area contributed by atoms with Crippen LogP contribution in [0.4, 0.5) is 20.2 Å². The van der Waals surface area contributed by atoms with Crippen LogP contribution >= 0.6 is 0 Å². The van der Waals surface area contributed by atoms with E-state index in [1.807, 2.05) is 0 Å². The van der Waals surface area contributed by atoms with E-state index in [0.29, 0.717) is 17.4 Å². The molecule has 3 aromatic rings. The van der Waals surface area contributed by atoms with E-state index in [-0.39, 0.29) is 17.8 Å². The van der Waals surface area contributed by atoms with Crippen molar-refractivity contribution >= 4 is 38.9 Å². The molecule has 0 amide bonds. The lowest BCUT2D eigenvalue weighted by atomic mass is 9.95. The Bertz CT molecular complexity index is 1560. The summed E-state index contributed by atoms with van der Waals surface area (Å²) in [5.41, 5.74) is -0.124. The van der Waals surface area contributed by atoms with Crippen molar-refractivity contribution in [3.8, 4) is 0 Å². The summed E-state index contributed by atoms with van der Waals surface area (Å²) in [5.74, 6) is -5.44. The lowest BCUT2D eigenvalue weighted by molar-refractivity contribution is -0.139. The number of Topliss-reactive ketones (excluding diaryl/α,β-unsaturated/α-hetero) is 2. The van der Waals surface area contributed by atoms with Gasteiger partial charge in [-0.05, 0) is 42.8 Å². The number of hydrogen-bond acceptors (Lipinski definition) is 7. The number of rotatable bonds is 9. The van der Waals surface area contributed by atoms with E-state index in [1.165, 1.54) is 19.1 Å². The normalized spacial score (nSPS) is 13.2. The number of hydrogen-bond donors (Lipinski definition) is 4. The fraction of sp³-hybridized carbons (Fsp3) is 0.115. The summed E-state index contributed by atoms with van der Waals surface area (Å²) in [6, 6.07) is 12.2. The number of para-hydroxylation sites is 2. The van der Waals surface area contributed by atoms with Crippen LogP contribution in [-0.2, 0) is 14.8 Å². The molecule has 1 aliphatic heterocycles. The summed E-state index contributed by atoms with van der Waals surface area (Å²) in [4.78, 5) is 38.0. The third-order valence-corrected chi connectivity index (χ3v) is 7.15. The average molecular weight is 542 g/mol. The number of ketones is 2. The van der Waals surface area contributed by atoms with Gasteiger partial charge in [0.25, 0.3) is 0 Å². The number of sulfonamides is 1. The molecule has 0 saturated heterocycles. The second-order valence-corrected chi connectivity index (χ2v) is 10.0. The summed E-state index contributed by atoms with van der Waals surface area (Å²) < 4.78 is 55.5. The maximum atomic E-state index is 13.9. The zero-order chi connectivity index (χ0) is 27.6. The van der Waals surface area contributed by atoms with Gasteiger partial charge in [0.05, 0.1) is 16.3 Å². The number of carbonyl (C=O) groups is 3. The molecule has 1 heterocycles. The molecule has 0 fully saturated rings. The van der Waals surface area contributed by atoms with Crippen LogP contribution in [0.2, 0.25) is 0 Å². The van der Waals surface area contributed by atoms with Crippen LogP contribution in [0.15, 0.2) is 83.0 Å². The first kappa shape index (κ1) is 26.6. The van der Waals surface area contributed by atoms with Gasteiger partial charge in [-0.2, -0.15) is 4.72 Å². The Balaban J connectivity index is 1.79. The maximum Gasteiger partial charge on any atom is 0.321 e. The van der Waals surface area contributed by atoms with Gasteiger partial charge in [-0.1, -0.05) is 31.2 Å². The maximum absolute atomic E-state index is 13.9. The molecule has 0 radical (unpaired) electrons. The zero-order valence-corrected chi connectivity index (χ0v) is 20.6. The van der Waals surface area contributed by atoms with Crippen LogP contribution < -0.4 is 15.4 Å². The van der Waals surface area contributed by atoms with E-state index in [0.717, 1.165) is 24.3 Å². The molecular weight excluding hydrogens is 520 g/mol. The lowest BCUT2D eigenvalue weighted by Crippen LogP contribution is -2.40. The minimum atomic E-state index is -4.36. The predicted molar refractivity (Wildman–Crippen MR) is 134 cm³/mol. The highest BCUT2D eigenvalue weighted by Crippen LogP contribution is 2.33. The average Bonchev–Trinajstić information content (AvgIpc) is 3.30. The molecule has 3 aromatic carbocycles. The number of carboxylic acids is 1. The van der Waals surface area contributed by atoms with Crippen molar-refractivity contribution in [1.82, 2.24) is 4.72 Å². The molecule has 4 N–H and O–H groups in total. The quantitative estimate of drug-likeness (QED) is 0.138. The van der Waals surface area contributed by atoms with Gasteiger partial charge in [0.2, 0.25) is 21.6 Å². The predicted octanol–water partition coefficient (Wildman–Crippen LogP) is 3.92. The van der Waals surface area contributed by atoms with Gasteiger partial charge < -0.3 is 15.7 Å². The Morgan fingerprint density at radius 2 is 1.45 bits per heavy atom. The summed E-state index contributed by atoms with van der Waals surface area (Å²) in [6.07, 6.45) is -0.0278. The SMILES string of the molecule is CCC(NS(=O)(=O)c1cccc(C(=O)C(C(=O)c2cc(F)cc(F)c2)=C2Nc3ccccc3N2)c1)C(=O)O. The van der Waals surface area contributed by atoms with E-state index in [4.69, 9.17) is 0 Å². The Labute approximate surface area is 216 Å². The second-order valence-electron chi connectivity index (χ2n) is 8.31. The van der Waals surface area contributed by atoms with Crippen LogP contribution in [0, 0.1) is 11.6 Å². The molecule has 0 aromatic heterocycles. The van der Waals surface area contributed by atoms with Gasteiger partial charge in [0.15, 0.2) is 0 Å². The van der Waals surface area contributed by atoms with Gasteiger partial charge in [0, 0.05) is 17.2 Å². The van der Waals surface area contributed by atoms with E-state index in [9.17, 15) is 36.7 Å². The first-order chi connectivity index (χ1) is 18.0. The van der Waals surface area contributed by atoms with E-state index in [2.05, 4.69) is 15.4 Å². The number of anilines is 2. The van der Waals surface area contributed by atoms with Crippen molar-refractivity contribution in [2.45, 2.75) is 24.3 Å². The van der Waals surface area contributed by atoms with Crippen molar-refractivity contribution in [1.29, 1.82) is 0 Å². The van der Waals surface area contributed by atoms with Gasteiger partial charge in [0.1, 0.15) is 29.1 Å². The van der Waals surface area contributed by atoms with Gasteiger partial charge in [-0.15, -0.1) is 0 Å². The molecule has 0 bridgehead atoms. The van der Waals surface area contributed by atoms with Gasteiger partial charge >= 0.3 is 5.97 Å². The fourth-order valence-corrected chi connectivity index (χ4v) is 5.12. The van der Waals surface area contributed by atoms with Gasteiger partial charge in [-0.25, -0.2) is 17.2 Å². The Kier molecular flexibility index (Phi) is 7.37. The highest BCUT2D eigenvalue weighted by atomic mass is 32.2. The number of aliphatic carboxylic acids is 1. The monoisotopic (exact) mass is 541 g/mol. The summed E-state index contributed by atoms with van der Waals surface area (Å²) in [6.45, 7) is 1.49. The molecule has 1 aliphatic rings. The number of fused-ring (bicyclic) bond motifs is 1. The lowest BCUT2D eigenvalue weighted by Gasteiger charge is -2.14. The van der Waals surface area contributed by atoms with Crippen LogP contribution in [0.1, 0.15) is 34.1 Å². The Hall–Kier alpha value is -4.42. The molecule has 0 aliphatic carbocycles. The van der Waals surface area contributed by atoms with Crippen LogP contribution in [0.5, 0.6) is 0 Å². The summed E-state index contributed by atoms with van der Waals surface area (Å²) >= 11 is 0. The molecule has 0 spiro atoms. The molecule has 9 nitrogen and oxygen atoms in total. The molecule has 0 saturated carbocycles. The first-order valence-electron chi connectivity index (χ1n) is 11.3. The van der Waals surface area contributed by atoms with Gasteiger partial charge in [-0.3, -0.25) is 14.4 Å². The standard InChI is InChI=1S/C26H21F2N3O6S/c1-2-19(26(34)35)31-38(36,37)18-7-5-6-14(12-18)23(32)22(24(33)15-10-16(27)13-17(28)11-15)25-29-20-8-3-4-9-21(20)30-25/h3-13,19,29-31H,2H2,1H3,(H,34,35). The number of halogens is 2. The number of carboxylic acid groups (broad SMARTS) is 1. The van der Waals surface area contributed by atoms with Crippen molar-refractivity contribution in [3.63, 3.8) is 0 Å². The van der Waals surface area contributed by atoms with E-state index < -0.39 is 61.3 Å². The topological polar surface area (TPSA) is 142 Å². The molecule has 1 unspecified atom stereocenters. The number of allylic oxidation sites excluding steroid dienone is 1. The van der Waals surface area contributed by atoms with Crippen molar-refractivity contribution < 1.29 is 36.7 Å². The molecular formula is C26H21F2N3O6S. The molecule has 38 heavy (non-hydrogen) atoms. The highest BCUT2D eigenvalue weighted by molar-refractivity contribution is 7.89.